The molecule has 2 N–H and O–H groups in total. The predicted molar refractivity (Wildman–Crippen MR) is 54.3 cm³/mol. The quantitative estimate of drug-likeness (QED) is 0.644. The summed E-state index contributed by atoms with van der Waals surface area (Å²) >= 11 is 3.02. The summed E-state index contributed by atoms with van der Waals surface area (Å²) in [4.78, 5) is 21.6. The fourth-order valence-electron chi connectivity index (χ4n) is 1.05. The molecule has 0 aliphatic rings. The topological polar surface area (TPSA) is 83.8 Å². The number of ether oxygens (including phenoxy) is 1. The summed E-state index contributed by atoms with van der Waals surface area (Å²) in [6, 6.07) is 2.63. The molecule has 0 amide bonds. The lowest BCUT2D eigenvalue weighted by molar-refractivity contribution is -0.131. The molecule has 0 saturated heterocycles. The van der Waals surface area contributed by atoms with Gasteiger partial charge < -0.3 is 14.9 Å². The van der Waals surface area contributed by atoms with Gasteiger partial charge in [0.05, 0.1) is 17.1 Å². The van der Waals surface area contributed by atoms with Crippen molar-refractivity contribution in [1.29, 1.82) is 0 Å². The number of carboxylic acids is 1. The first kappa shape index (κ1) is 11.5. The van der Waals surface area contributed by atoms with Crippen molar-refractivity contribution in [3.8, 4) is 11.5 Å². The Morgan fingerprint density at radius 3 is 2.47 bits per heavy atom. The molecule has 15 heavy (non-hydrogen) atoms. The second-order valence-electron chi connectivity index (χ2n) is 2.61. The molecular formula is C9H7BrO5. The van der Waals surface area contributed by atoms with Gasteiger partial charge in [0.1, 0.15) is 0 Å². The maximum absolute atomic E-state index is 11.2. The zero-order valence-corrected chi connectivity index (χ0v) is 9.24. The Kier molecular flexibility index (Phi) is 3.31. The number of halogens is 1. The number of carbonyl (C=O) groups excluding carboxylic acids is 1. The molecule has 1 aromatic carbocycles. The van der Waals surface area contributed by atoms with Crippen LogP contribution in [0.1, 0.15) is 10.4 Å². The number of hydrogen-bond acceptors (Lipinski definition) is 4. The SMILES string of the molecule is COc1c(C(=O)C(=O)O)ccc(Br)c1O. The highest BCUT2D eigenvalue weighted by atomic mass is 79.9. The first-order valence-corrected chi connectivity index (χ1v) is 4.61. The lowest BCUT2D eigenvalue weighted by atomic mass is 10.1. The molecule has 0 spiro atoms. The van der Waals surface area contributed by atoms with Crippen LogP contribution >= 0.6 is 15.9 Å². The van der Waals surface area contributed by atoms with E-state index in [1.807, 2.05) is 0 Å². The van der Waals surface area contributed by atoms with E-state index in [2.05, 4.69) is 15.9 Å². The number of ketones is 1. The van der Waals surface area contributed by atoms with Crippen LogP contribution in [-0.4, -0.2) is 29.1 Å². The van der Waals surface area contributed by atoms with Crippen molar-refractivity contribution in [2.24, 2.45) is 0 Å². The van der Waals surface area contributed by atoms with Crippen LogP contribution in [-0.2, 0) is 4.79 Å². The van der Waals surface area contributed by atoms with Crippen molar-refractivity contribution in [3.05, 3.63) is 22.2 Å². The number of rotatable bonds is 3. The fourth-order valence-corrected chi connectivity index (χ4v) is 1.36. The molecule has 0 atom stereocenters. The van der Waals surface area contributed by atoms with Gasteiger partial charge in [0.2, 0.25) is 0 Å². The number of carboxylic acid groups (broad SMARTS) is 1. The van der Waals surface area contributed by atoms with Crippen LogP contribution in [0.5, 0.6) is 11.5 Å². The van der Waals surface area contributed by atoms with Crippen LogP contribution in [0.3, 0.4) is 0 Å². The summed E-state index contributed by atoms with van der Waals surface area (Å²) in [7, 11) is 1.24. The smallest absolute Gasteiger partial charge is 0.377 e. The van der Waals surface area contributed by atoms with Gasteiger partial charge >= 0.3 is 5.97 Å². The second-order valence-corrected chi connectivity index (χ2v) is 3.47. The summed E-state index contributed by atoms with van der Waals surface area (Å²) in [6.45, 7) is 0. The molecule has 5 nitrogen and oxygen atoms in total. The minimum Gasteiger partial charge on any atom is -0.503 e. The van der Waals surface area contributed by atoms with Crippen molar-refractivity contribution in [3.63, 3.8) is 0 Å². The van der Waals surface area contributed by atoms with Gasteiger partial charge in [0.25, 0.3) is 5.78 Å². The van der Waals surface area contributed by atoms with Crippen molar-refractivity contribution in [2.75, 3.05) is 7.11 Å². The number of benzene rings is 1. The van der Waals surface area contributed by atoms with E-state index in [4.69, 9.17) is 9.84 Å². The van der Waals surface area contributed by atoms with Gasteiger partial charge in [-0.2, -0.15) is 0 Å². The number of carbonyl (C=O) groups is 2. The molecule has 0 heterocycles. The number of hydrogen-bond donors (Lipinski definition) is 2. The molecule has 0 unspecified atom stereocenters. The van der Waals surface area contributed by atoms with Gasteiger partial charge in [-0.1, -0.05) is 0 Å². The Morgan fingerprint density at radius 2 is 2.00 bits per heavy atom. The minimum absolute atomic E-state index is 0.156. The number of aliphatic carboxylic acids is 1. The van der Waals surface area contributed by atoms with E-state index in [0.717, 1.165) is 0 Å². The number of aromatic hydroxyl groups is 1. The van der Waals surface area contributed by atoms with Gasteiger partial charge in [-0.25, -0.2) is 4.79 Å². The first-order chi connectivity index (χ1) is 6.99. The van der Waals surface area contributed by atoms with Gasteiger partial charge in [-0.05, 0) is 28.1 Å². The van der Waals surface area contributed by atoms with Crippen molar-refractivity contribution < 1.29 is 24.5 Å². The van der Waals surface area contributed by atoms with Crippen LogP contribution in [0, 0.1) is 0 Å². The van der Waals surface area contributed by atoms with E-state index < -0.39 is 11.8 Å². The zero-order chi connectivity index (χ0) is 11.6. The van der Waals surface area contributed by atoms with Gasteiger partial charge in [0, 0.05) is 0 Å². The van der Waals surface area contributed by atoms with Crippen LogP contribution in [0.25, 0.3) is 0 Å². The zero-order valence-electron chi connectivity index (χ0n) is 7.65. The van der Waals surface area contributed by atoms with Gasteiger partial charge in [-0.15, -0.1) is 0 Å². The summed E-state index contributed by atoms with van der Waals surface area (Å²) < 4.78 is 5.08. The van der Waals surface area contributed by atoms with E-state index in [9.17, 15) is 14.7 Å². The minimum atomic E-state index is -1.60. The van der Waals surface area contributed by atoms with Crippen LogP contribution < -0.4 is 4.74 Å². The maximum Gasteiger partial charge on any atom is 0.377 e. The molecule has 1 rings (SSSR count). The monoisotopic (exact) mass is 274 g/mol. The van der Waals surface area contributed by atoms with E-state index in [1.54, 1.807) is 0 Å². The summed E-state index contributed by atoms with van der Waals surface area (Å²) in [6.07, 6.45) is 0. The highest BCUT2D eigenvalue weighted by Crippen LogP contribution is 2.37. The van der Waals surface area contributed by atoms with Crippen molar-refractivity contribution in [2.45, 2.75) is 0 Å². The number of Topliss-reactive ketones (excluding diaryl/α,β-unsaturated/α-hetero) is 1. The second kappa shape index (κ2) is 4.31. The van der Waals surface area contributed by atoms with E-state index in [1.165, 1.54) is 19.2 Å². The number of methoxy groups -OCH3 is 1. The van der Waals surface area contributed by atoms with E-state index in [-0.39, 0.29) is 17.1 Å². The van der Waals surface area contributed by atoms with Crippen molar-refractivity contribution in [1.82, 2.24) is 0 Å². The molecule has 0 aliphatic heterocycles. The Bertz CT molecular complexity index is 427. The largest absolute Gasteiger partial charge is 0.503 e. The molecule has 80 valence electrons. The third-order valence-corrected chi connectivity index (χ3v) is 2.37. The van der Waals surface area contributed by atoms with Gasteiger partial charge in [0.15, 0.2) is 11.5 Å². The molecular weight excluding hydrogens is 268 g/mol. The fraction of sp³-hybridized carbons (Fsp3) is 0.111. The average molecular weight is 275 g/mol. The Labute approximate surface area is 93.4 Å². The molecule has 0 bridgehead atoms. The maximum atomic E-state index is 11.2. The average Bonchev–Trinajstić information content (AvgIpc) is 2.20. The normalized spacial score (nSPS) is 9.73. The molecule has 0 radical (unpaired) electrons. The number of phenolic OH excluding ortho intramolecular Hbond substituents is 1. The van der Waals surface area contributed by atoms with E-state index >= 15 is 0 Å². The van der Waals surface area contributed by atoms with Gasteiger partial charge in [-0.3, -0.25) is 4.79 Å². The van der Waals surface area contributed by atoms with Crippen LogP contribution in [0.2, 0.25) is 0 Å². The predicted octanol–water partition coefficient (Wildman–Crippen LogP) is 1.43. The Morgan fingerprint density at radius 1 is 1.40 bits per heavy atom. The van der Waals surface area contributed by atoms with Crippen molar-refractivity contribution >= 4 is 27.7 Å². The summed E-state index contributed by atoms with van der Waals surface area (Å²) in [5.41, 5.74) is -0.189. The highest BCUT2D eigenvalue weighted by molar-refractivity contribution is 9.10. The molecule has 0 saturated carbocycles. The summed E-state index contributed by atoms with van der Waals surface area (Å²) in [5, 5.41) is 18.0. The molecule has 0 aliphatic carbocycles. The molecule has 6 heteroatoms. The van der Waals surface area contributed by atoms with Crippen LogP contribution in [0.15, 0.2) is 16.6 Å². The first-order valence-electron chi connectivity index (χ1n) is 3.82. The molecule has 1 aromatic rings. The highest BCUT2D eigenvalue weighted by Gasteiger charge is 2.22. The molecule has 0 fully saturated rings. The van der Waals surface area contributed by atoms with Crippen LogP contribution in [0.4, 0.5) is 0 Å². The lowest BCUT2D eigenvalue weighted by Crippen LogP contribution is -2.13. The van der Waals surface area contributed by atoms with E-state index in [0.29, 0.717) is 4.47 Å². The molecule has 0 aromatic heterocycles. The standard InChI is InChI=1S/C9H7BrO5/c1-15-8-4(6(11)9(13)14)2-3-5(10)7(8)12/h2-3,12H,1H3,(H,13,14). The lowest BCUT2D eigenvalue weighted by Gasteiger charge is -2.08. The third kappa shape index (κ3) is 2.10. The summed E-state index contributed by atoms with van der Waals surface area (Å²) in [5.74, 6) is -3.19. The Hall–Kier alpha value is -1.56. The third-order valence-electron chi connectivity index (χ3n) is 1.73. The Balaban J connectivity index is 3.37. The number of phenols is 1.